The van der Waals surface area contributed by atoms with Crippen molar-refractivity contribution in [3.8, 4) is 0 Å². The molecule has 2 aromatic carbocycles. The molecule has 1 unspecified atom stereocenters. The topological polar surface area (TPSA) is 57.8 Å². The zero-order valence-electron chi connectivity index (χ0n) is 13.3. The van der Waals surface area contributed by atoms with Crippen LogP contribution in [0.25, 0.3) is 10.9 Å². The third-order valence-electron chi connectivity index (χ3n) is 4.70. The van der Waals surface area contributed by atoms with E-state index in [9.17, 15) is 4.79 Å². The third kappa shape index (κ3) is 2.31. The average molecular weight is 305 g/mol. The summed E-state index contributed by atoms with van der Waals surface area (Å²) < 4.78 is 0. The van der Waals surface area contributed by atoms with Gasteiger partial charge in [0.05, 0.1) is 16.9 Å². The fraction of sp³-hybridized carbons (Fsp3) is 0.263. The Balaban J connectivity index is 1.74. The first-order chi connectivity index (χ1) is 11.0. The Kier molecular flexibility index (Phi) is 3.01. The highest BCUT2D eigenvalue weighted by molar-refractivity contribution is 5.78. The Morgan fingerprint density at radius 1 is 1.13 bits per heavy atom. The smallest absolute Gasteiger partial charge is 0.260 e. The molecule has 0 amide bonds. The van der Waals surface area contributed by atoms with E-state index in [2.05, 4.69) is 53.4 Å². The third-order valence-corrected chi connectivity index (χ3v) is 4.70. The standard InChI is InChI=1S/C19H19N3O/c1-19(2)11-16(12-7-3-5-9-14(12)19)21-18-20-15-10-6-4-8-13(15)17(23)22-18/h3-10,16H,11H2,1-2H3,(H2,20,21,22,23). The first-order valence-corrected chi connectivity index (χ1v) is 7.90. The number of H-pyrrole nitrogens is 1. The molecule has 116 valence electrons. The van der Waals surface area contributed by atoms with Crippen LogP contribution in [0.4, 0.5) is 5.95 Å². The zero-order chi connectivity index (χ0) is 16.0. The van der Waals surface area contributed by atoms with Gasteiger partial charge in [-0.15, -0.1) is 0 Å². The van der Waals surface area contributed by atoms with Gasteiger partial charge in [0.1, 0.15) is 0 Å². The van der Waals surface area contributed by atoms with E-state index in [0.29, 0.717) is 16.9 Å². The molecule has 0 radical (unpaired) electrons. The monoisotopic (exact) mass is 305 g/mol. The highest BCUT2D eigenvalue weighted by Gasteiger charge is 2.36. The SMILES string of the molecule is CC1(C)CC(Nc2nc3ccccc3c(=O)[nH]2)c2ccccc21. The molecule has 0 spiro atoms. The quantitative estimate of drug-likeness (QED) is 0.758. The minimum Gasteiger partial charge on any atom is -0.349 e. The van der Waals surface area contributed by atoms with Crippen molar-refractivity contribution < 1.29 is 0 Å². The van der Waals surface area contributed by atoms with Crippen molar-refractivity contribution in [1.82, 2.24) is 9.97 Å². The van der Waals surface area contributed by atoms with E-state index in [1.54, 1.807) is 6.07 Å². The lowest BCUT2D eigenvalue weighted by molar-refractivity contribution is 0.492. The van der Waals surface area contributed by atoms with Crippen LogP contribution in [0, 0.1) is 0 Å². The summed E-state index contributed by atoms with van der Waals surface area (Å²) in [6.45, 7) is 4.51. The number of anilines is 1. The van der Waals surface area contributed by atoms with Crippen LogP contribution >= 0.6 is 0 Å². The molecule has 4 nitrogen and oxygen atoms in total. The number of nitrogens with zero attached hydrogens (tertiary/aromatic N) is 1. The fourth-order valence-corrected chi connectivity index (χ4v) is 3.60. The average Bonchev–Trinajstić information content (AvgIpc) is 2.79. The molecule has 3 aromatic rings. The molecule has 1 aliphatic rings. The lowest BCUT2D eigenvalue weighted by atomic mass is 9.86. The Hall–Kier alpha value is -2.62. The second-order valence-corrected chi connectivity index (χ2v) is 6.80. The lowest BCUT2D eigenvalue weighted by Crippen LogP contribution is -2.18. The Labute approximate surface area is 134 Å². The van der Waals surface area contributed by atoms with Gasteiger partial charge in [0, 0.05) is 0 Å². The number of benzene rings is 2. The largest absolute Gasteiger partial charge is 0.349 e. The van der Waals surface area contributed by atoms with Crippen LogP contribution in [0.3, 0.4) is 0 Å². The van der Waals surface area contributed by atoms with Gasteiger partial charge in [-0.2, -0.15) is 0 Å². The summed E-state index contributed by atoms with van der Waals surface area (Å²) in [7, 11) is 0. The molecule has 0 aliphatic heterocycles. The van der Waals surface area contributed by atoms with Gasteiger partial charge in [0.2, 0.25) is 5.95 Å². The van der Waals surface area contributed by atoms with Gasteiger partial charge in [-0.05, 0) is 35.1 Å². The number of rotatable bonds is 2. The van der Waals surface area contributed by atoms with E-state index in [1.807, 2.05) is 18.2 Å². The van der Waals surface area contributed by atoms with E-state index < -0.39 is 0 Å². The van der Waals surface area contributed by atoms with Crippen molar-refractivity contribution in [3.05, 3.63) is 70.0 Å². The molecule has 2 N–H and O–H groups in total. The summed E-state index contributed by atoms with van der Waals surface area (Å²) in [6, 6.07) is 16.0. The van der Waals surface area contributed by atoms with Gasteiger partial charge in [-0.1, -0.05) is 50.2 Å². The van der Waals surface area contributed by atoms with Crippen molar-refractivity contribution in [2.24, 2.45) is 0 Å². The van der Waals surface area contributed by atoms with E-state index >= 15 is 0 Å². The van der Waals surface area contributed by atoms with E-state index in [1.165, 1.54) is 11.1 Å². The lowest BCUT2D eigenvalue weighted by Gasteiger charge is -2.19. The predicted octanol–water partition coefficient (Wildman–Crippen LogP) is 3.76. The number of nitrogens with one attached hydrogen (secondary N) is 2. The number of aromatic amines is 1. The summed E-state index contributed by atoms with van der Waals surface area (Å²) >= 11 is 0. The molecule has 1 aliphatic carbocycles. The Morgan fingerprint density at radius 3 is 2.74 bits per heavy atom. The number of para-hydroxylation sites is 1. The number of hydrogen-bond donors (Lipinski definition) is 2. The van der Waals surface area contributed by atoms with Crippen LogP contribution < -0.4 is 10.9 Å². The predicted molar refractivity (Wildman–Crippen MR) is 92.8 cm³/mol. The summed E-state index contributed by atoms with van der Waals surface area (Å²) in [6.07, 6.45) is 0.975. The minimum absolute atomic E-state index is 0.108. The fourth-order valence-electron chi connectivity index (χ4n) is 3.60. The number of hydrogen-bond acceptors (Lipinski definition) is 3. The van der Waals surface area contributed by atoms with Gasteiger partial charge < -0.3 is 5.32 Å². The van der Waals surface area contributed by atoms with Crippen LogP contribution in [0.1, 0.15) is 37.4 Å². The maximum atomic E-state index is 12.2. The number of aromatic nitrogens is 2. The normalized spacial score (nSPS) is 18.8. The maximum Gasteiger partial charge on any atom is 0.260 e. The van der Waals surface area contributed by atoms with Gasteiger partial charge in [0.25, 0.3) is 5.56 Å². The molecule has 1 heterocycles. The summed E-state index contributed by atoms with van der Waals surface area (Å²) in [4.78, 5) is 19.6. The first-order valence-electron chi connectivity index (χ1n) is 7.90. The van der Waals surface area contributed by atoms with Gasteiger partial charge >= 0.3 is 0 Å². The Bertz CT molecular complexity index is 942. The minimum atomic E-state index is -0.108. The van der Waals surface area contributed by atoms with Crippen molar-refractivity contribution >= 4 is 16.9 Å². The molecule has 4 heteroatoms. The summed E-state index contributed by atoms with van der Waals surface area (Å²) in [5.74, 6) is 0.534. The Morgan fingerprint density at radius 2 is 1.87 bits per heavy atom. The molecular weight excluding hydrogens is 286 g/mol. The molecule has 0 saturated carbocycles. The van der Waals surface area contributed by atoms with Crippen molar-refractivity contribution in [3.63, 3.8) is 0 Å². The van der Waals surface area contributed by atoms with Gasteiger partial charge in [0.15, 0.2) is 0 Å². The first kappa shape index (κ1) is 14.0. The highest BCUT2D eigenvalue weighted by Crippen LogP contribution is 2.45. The summed E-state index contributed by atoms with van der Waals surface area (Å²) in [5, 5.41) is 4.03. The maximum absolute atomic E-state index is 12.2. The second kappa shape index (κ2) is 4.95. The van der Waals surface area contributed by atoms with Crippen molar-refractivity contribution in [2.75, 3.05) is 5.32 Å². The van der Waals surface area contributed by atoms with Crippen LogP contribution in [-0.4, -0.2) is 9.97 Å². The van der Waals surface area contributed by atoms with Crippen LogP contribution in [0.5, 0.6) is 0 Å². The molecule has 23 heavy (non-hydrogen) atoms. The van der Waals surface area contributed by atoms with E-state index in [0.717, 1.165) is 6.42 Å². The van der Waals surface area contributed by atoms with Gasteiger partial charge in [-0.25, -0.2) is 4.98 Å². The second-order valence-electron chi connectivity index (χ2n) is 6.80. The van der Waals surface area contributed by atoms with Gasteiger partial charge in [-0.3, -0.25) is 9.78 Å². The molecule has 0 bridgehead atoms. The zero-order valence-corrected chi connectivity index (χ0v) is 13.3. The van der Waals surface area contributed by atoms with E-state index in [-0.39, 0.29) is 17.0 Å². The van der Waals surface area contributed by atoms with Crippen LogP contribution in [0.15, 0.2) is 53.3 Å². The molecule has 0 fully saturated rings. The van der Waals surface area contributed by atoms with Crippen LogP contribution in [-0.2, 0) is 5.41 Å². The van der Waals surface area contributed by atoms with Crippen molar-refractivity contribution in [2.45, 2.75) is 31.7 Å². The molecule has 1 atom stereocenters. The van der Waals surface area contributed by atoms with Crippen LogP contribution in [0.2, 0.25) is 0 Å². The van der Waals surface area contributed by atoms with E-state index in [4.69, 9.17) is 0 Å². The highest BCUT2D eigenvalue weighted by atomic mass is 16.1. The van der Waals surface area contributed by atoms with Crippen molar-refractivity contribution in [1.29, 1.82) is 0 Å². The molecular formula is C19H19N3O. The molecule has 4 rings (SSSR count). The molecule has 1 aromatic heterocycles. The molecule has 0 saturated heterocycles. The number of fused-ring (bicyclic) bond motifs is 2. The summed E-state index contributed by atoms with van der Waals surface area (Å²) in [5.41, 5.74) is 3.37.